The first-order valence-corrected chi connectivity index (χ1v) is 7.18. The molecule has 0 atom stereocenters. The predicted molar refractivity (Wildman–Crippen MR) is 78.0 cm³/mol. The zero-order valence-electron chi connectivity index (χ0n) is 10.7. The third kappa shape index (κ3) is 3.47. The number of carboxylic acids is 1. The van der Waals surface area contributed by atoms with Gasteiger partial charge in [-0.15, -0.1) is 0 Å². The summed E-state index contributed by atoms with van der Waals surface area (Å²) in [7, 11) is 0. The second-order valence-corrected chi connectivity index (χ2v) is 4.91. The van der Waals surface area contributed by atoms with Gasteiger partial charge in [0.1, 0.15) is 0 Å². The molecule has 0 aliphatic heterocycles. The zero-order chi connectivity index (χ0) is 15.4. The molecule has 2 N–H and O–H groups in total. The molecule has 7 nitrogen and oxygen atoms in total. The molecule has 0 bridgehead atoms. The third-order valence-corrected chi connectivity index (χ3v) is 3.26. The van der Waals surface area contributed by atoms with E-state index < -0.39 is 11.9 Å². The molecule has 0 spiro atoms. The second-order valence-electron chi connectivity index (χ2n) is 3.73. The maximum atomic E-state index is 12.2. The number of hydrogen-bond acceptors (Lipinski definition) is 6. The summed E-state index contributed by atoms with van der Waals surface area (Å²) in [5, 5.41) is 11.9. The summed E-state index contributed by atoms with van der Waals surface area (Å²) in [5.74, 6) is -1.81. The number of carbonyl (C=O) groups is 2. The molecule has 0 radical (unpaired) electrons. The fourth-order valence-electron chi connectivity index (χ4n) is 1.47. The highest BCUT2D eigenvalue weighted by atomic mass is 35.5. The van der Waals surface area contributed by atoms with Crippen LogP contribution in [0.5, 0.6) is 0 Å². The number of anilines is 1. The summed E-state index contributed by atoms with van der Waals surface area (Å²) in [4.78, 5) is 34.9. The van der Waals surface area contributed by atoms with Crippen LogP contribution in [0.25, 0.3) is 0 Å². The van der Waals surface area contributed by atoms with Gasteiger partial charge in [0.05, 0.1) is 28.7 Å². The van der Waals surface area contributed by atoms with Gasteiger partial charge in [-0.3, -0.25) is 9.78 Å². The zero-order valence-corrected chi connectivity index (χ0v) is 12.3. The average molecular weight is 325 g/mol. The lowest BCUT2D eigenvalue weighted by Gasteiger charge is -2.08. The standard InChI is InChI=1S/C12H9ClN4O3S/c1-21-12-15-4-7(13)9(17-12)10(18)16-8-5-14-3-2-6(8)11(19)20/h2-5H,1H3,(H,16,18)(H,19,20). The fraction of sp³-hybridized carbons (Fsp3) is 0.0833. The molecule has 0 aliphatic carbocycles. The van der Waals surface area contributed by atoms with Crippen LogP contribution in [0.3, 0.4) is 0 Å². The molecule has 0 saturated carbocycles. The van der Waals surface area contributed by atoms with Crippen LogP contribution in [0.1, 0.15) is 20.8 Å². The normalized spacial score (nSPS) is 10.2. The quantitative estimate of drug-likeness (QED) is 0.656. The van der Waals surface area contributed by atoms with E-state index in [0.29, 0.717) is 5.16 Å². The van der Waals surface area contributed by atoms with Crippen molar-refractivity contribution >= 4 is 40.9 Å². The molecule has 9 heteroatoms. The third-order valence-electron chi connectivity index (χ3n) is 2.42. The number of aromatic carboxylic acids is 1. The van der Waals surface area contributed by atoms with Crippen molar-refractivity contribution in [3.63, 3.8) is 0 Å². The van der Waals surface area contributed by atoms with Crippen LogP contribution >= 0.6 is 23.4 Å². The van der Waals surface area contributed by atoms with Crippen molar-refractivity contribution in [3.8, 4) is 0 Å². The van der Waals surface area contributed by atoms with Crippen LogP contribution in [0.4, 0.5) is 5.69 Å². The van der Waals surface area contributed by atoms with Crippen molar-refractivity contribution in [2.75, 3.05) is 11.6 Å². The van der Waals surface area contributed by atoms with E-state index in [-0.39, 0.29) is 22.0 Å². The van der Waals surface area contributed by atoms with Gasteiger partial charge >= 0.3 is 5.97 Å². The van der Waals surface area contributed by atoms with E-state index in [1.165, 1.54) is 36.4 Å². The van der Waals surface area contributed by atoms with Crippen LogP contribution in [0.15, 0.2) is 29.8 Å². The SMILES string of the molecule is CSc1ncc(Cl)c(C(=O)Nc2cnccc2C(=O)O)n1. The number of nitrogens with one attached hydrogen (secondary N) is 1. The summed E-state index contributed by atoms with van der Waals surface area (Å²) in [6.45, 7) is 0. The first-order chi connectivity index (χ1) is 10.0. The Bertz CT molecular complexity index is 711. The van der Waals surface area contributed by atoms with Gasteiger partial charge in [-0.25, -0.2) is 14.8 Å². The molecule has 1 amide bonds. The minimum atomic E-state index is -1.17. The number of rotatable bonds is 4. The molecule has 0 aromatic carbocycles. The minimum absolute atomic E-state index is 0.0313. The Hall–Kier alpha value is -2.19. The van der Waals surface area contributed by atoms with Crippen molar-refractivity contribution in [2.24, 2.45) is 0 Å². The molecule has 0 unspecified atom stereocenters. The van der Waals surface area contributed by atoms with E-state index in [4.69, 9.17) is 16.7 Å². The molecule has 0 fully saturated rings. The van der Waals surface area contributed by atoms with E-state index in [1.54, 1.807) is 6.26 Å². The monoisotopic (exact) mass is 324 g/mol. The highest BCUT2D eigenvalue weighted by molar-refractivity contribution is 7.98. The van der Waals surface area contributed by atoms with Gasteiger partial charge in [-0.2, -0.15) is 0 Å². The molecule has 2 heterocycles. The van der Waals surface area contributed by atoms with Gasteiger partial charge in [0.25, 0.3) is 5.91 Å². The lowest BCUT2D eigenvalue weighted by Crippen LogP contribution is -2.17. The first-order valence-electron chi connectivity index (χ1n) is 5.58. The molecule has 2 rings (SSSR count). The van der Waals surface area contributed by atoms with Crippen molar-refractivity contribution in [1.82, 2.24) is 15.0 Å². The second kappa shape index (κ2) is 6.51. The summed E-state index contributed by atoms with van der Waals surface area (Å²) in [6, 6.07) is 1.28. The van der Waals surface area contributed by atoms with Gasteiger partial charge in [-0.1, -0.05) is 23.4 Å². The Morgan fingerprint density at radius 2 is 2.14 bits per heavy atom. The molecule has 2 aromatic heterocycles. The number of aromatic nitrogens is 3. The van der Waals surface area contributed by atoms with Crippen LogP contribution in [-0.4, -0.2) is 38.2 Å². The van der Waals surface area contributed by atoms with Crippen molar-refractivity contribution < 1.29 is 14.7 Å². The Morgan fingerprint density at radius 1 is 1.38 bits per heavy atom. The number of nitrogens with zero attached hydrogens (tertiary/aromatic N) is 3. The number of halogens is 1. The lowest BCUT2D eigenvalue weighted by atomic mass is 10.2. The fourth-order valence-corrected chi connectivity index (χ4v) is 1.99. The summed E-state index contributed by atoms with van der Waals surface area (Å²) >= 11 is 7.15. The summed E-state index contributed by atoms with van der Waals surface area (Å²) in [5.41, 5.74) is -0.0415. The van der Waals surface area contributed by atoms with Gasteiger partial charge < -0.3 is 10.4 Å². The van der Waals surface area contributed by atoms with E-state index in [9.17, 15) is 9.59 Å². The van der Waals surface area contributed by atoms with Crippen molar-refractivity contribution in [1.29, 1.82) is 0 Å². The van der Waals surface area contributed by atoms with Crippen molar-refractivity contribution in [2.45, 2.75) is 5.16 Å². The Balaban J connectivity index is 2.33. The largest absolute Gasteiger partial charge is 0.478 e. The number of thioether (sulfide) groups is 1. The van der Waals surface area contributed by atoms with E-state index in [2.05, 4.69) is 20.3 Å². The number of pyridine rings is 1. The highest BCUT2D eigenvalue weighted by Crippen LogP contribution is 2.19. The number of carbonyl (C=O) groups excluding carboxylic acids is 1. The predicted octanol–water partition coefficient (Wildman–Crippen LogP) is 2.20. The number of carboxylic acid groups (broad SMARTS) is 1. The highest BCUT2D eigenvalue weighted by Gasteiger charge is 2.17. The first kappa shape index (κ1) is 15.2. The maximum absolute atomic E-state index is 12.2. The van der Waals surface area contributed by atoms with Gasteiger partial charge in [0.2, 0.25) is 0 Å². The lowest BCUT2D eigenvalue weighted by molar-refractivity contribution is 0.0698. The smallest absolute Gasteiger partial charge is 0.337 e. The van der Waals surface area contributed by atoms with Crippen LogP contribution in [0.2, 0.25) is 5.02 Å². The topological polar surface area (TPSA) is 105 Å². The molecular formula is C12H9ClN4O3S. The van der Waals surface area contributed by atoms with Crippen LogP contribution in [0, 0.1) is 0 Å². The summed E-state index contributed by atoms with van der Waals surface area (Å²) in [6.07, 6.45) is 5.64. The van der Waals surface area contributed by atoms with Gasteiger partial charge in [-0.05, 0) is 12.3 Å². The maximum Gasteiger partial charge on any atom is 0.337 e. The molecule has 108 valence electrons. The number of amides is 1. The van der Waals surface area contributed by atoms with Crippen LogP contribution in [-0.2, 0) is 0 Å². The summed E-state index contributed by atoms with van der Waals surface area (Å²) < 4.78 is 0. The van der Waals surface area contributed by atoms with E-state index >= 15 is 0 Å². The van der Waals surface area contributed by atoms with E-state index in [0.717, 1.165) is 0 Å². The molecular weight excluding hydrogens is 316 g/mol. The Kier molecular flexibility index (Phi) is 4.71. The average Bonchev–Trinajstić information content (AvgIpc) is 2.48. The molecule has 0 aliphatic rings. The minimum Gasteiger partial charge on any atom is -0.478 e. The Labute approximate surface area is 128 Å². The molecule has 2 aromatic rings. The van der Waals surface area contributed by atoms with Crippen LogP contribution < -0.4 is 5.32 Å². The molecule has 0 saturated heterocycles. The van der Waals surface area contributed by atoms with Gasteiger partial charge in [0, 0.05) is 6.20 Å². The number of hydrogen-bond donors (Lipinski definition) is 2. The van der Waals surface area contributed by atoms with Crippen molar-refractivity contribution in [3.05, 3.63) is 40.9 Å². The van der Waals surface area contributed by atoms with Gasteiger partial charge in [0.15, 0.2) is 10.9 Å². The van der Waals surface area contributed by atoms with E-state index in [1.807, 2.05) is 0 Å². The Morgan fingerprint density at radius 3 is 2.81 bits per heavy atom. The molecule has 21 heavy (non-hydrogen) atoms.